The number of carbonyl (C=O) groups excluding carboxylic acids is 2. The van der Waals surface area contributed by atoms with E-state index in [1.165, 1.54) is 4.90 Å². The number of ether oxygens (including phenoxy) is 1. The Morgan fingerprint density at radius 3 is 2.07 bits per heavy atom. The van der Waals surface area contributed by atoms with Gasteiger partial charge in [-0.05, 0) is 73.0 Å². The molecule has 8 nitrogen and oxygen atoms in total. The first-order chi connectivity index (χ1) is 21.9. The number of hydrogen-bond acceptors (Lipinski definition) is 5. The van der Waals surface area contributed by atoms with Crippen molar-refractivity contribution in [2.45, 2.75) is 45.3 Å². The van der Waals surface area contributed by atoms with Crippen LogP contribution in [0.2, 0.25) is 10.0 Å². The van der Waals surface area contributed by atoms with Gasteiger partial charge in [-0.3, -0.25) is 13.9 Å². The van der Waals surface area contributed by atoms with E-state index in [1.807, 2.05) is 62.4 Å². The van der Waals surface area contributed by atoms with Crippen molar-refractivity contribution in [3.8, 4) is 11.5 Å². The van der Waals surface area contributed by atoms with Crippen molar-refractivity contribution in [3.05, 3.63) is 124 Å². The SMILES string of the molecule is CC[C@@H](C)NC(=O)[C@H](Cc1ccccc1)N(Cc1ccc(Cl)cc1Cl)C(=O)CN(c1ccc(Oc2ccccc2)cc1)S(C)(=O)=O. The van der Waals surface area contributed by atoms with Crippen LogP contribution in [0, 0.1) is 0 Å². The van der Waals surface area contributed by atoms with E-state index in [0.717, 1.165) is 16.1 Å². The zero-order valence-corrected chi connectivity index (χ0v) is 28.2. The van der Waals surface area contributed by atoms with E-state index in [4.69, 9.17) is 27.9 Å². The fourth-order valence-electron chi connectivity index (χ4n) is 4.75. The summed E-state index contributed by atoms with van der Waals surface area (Å²) in [5, 5.41) is 3.74. The summed E-state index contributed by atoms with van der Waals surface area (Å²) < 4.78 is 33.1. The second kappa shape index (κ2) is 16.0. The van der Waals surface area contributed by atoms with Gasteiger partial charge < -0.3 is 15.0 Å². The first kappa shape index (κ1) is 34.8. The molecule has 0 aliphatic rings. The molecule has 0 bridgehead atoms. The minimum Gasteiger partial charge on any atom is -0.457 e. The van der Waals surface area contributed by atoms with E-state index in [1.54, 1.807) is 54.6 Å². The Morgan fingerprint density at radius 1 is 0.870 bits per heavy atom. The van der Waals surface area contributed by atoms with Crippen molar-refractivity contribution in [1.82, 2.24) is 10.2 Å². The third kappa shape index (κ3) is 9.72. The van der Waals surface area contributed by atoms with Gasteiger partial charge in [0, 0.05) is 29.1 Å². The van der Waals surface area contributed by atoms with E-state index >= 15 is 0 Å². The van der Waals surface area contributed by atoms with Gasteiger partial charge in [0.25, 0.3) is 0 Å². The van der Waals surface area contributed by atoms with Gasteiger partial charge in [0.2, 0.25) is 21.8 Å². The number of hydrogen-bond donors (Lipinski definition) is 1. The molecule has 0 spiro atoms. The van der Waals surface area contributed by atoms with Gasteiger partial charge in [0.1, 0.15) is 24.1 Å². The van der Waals surface area contributed by atoms with Crippen LogP contribution in [0.25, 0.3) is 0 Å². The molecule has 2 amide bonds. The molecule has 0 fully saturated rings. The van der Waals surface area contributed by atoms with Gasteiger partial charge in [-0.2, -0.15) is 0 Å². The third-order valence-corrected chi connectivity index (χ3v) is 9.14. The summed E-state index contributed by atoms with van der Waals surface area (Å²) in [6, 6.07) is 28.7. The molecule has 11 heteroatoms. The lowest BCUT2D eigenvalue weighted by Crippen LogP contribution is -2.54. The van der Waals surface area contributed by atoms with E-state index in [2.05, 4.69) is 5.32 Å². The number of carbonyl (C=O) groups is 2. The first-order valence-electron chi connectivity index (χ1n) is 14.8. The van der Waals surface area contributed by atoms with Crippen molar-refractivity contribution >= 4 is 50.7 Å². The lowest BCUT2D eigenvalue weighted by molar-refractivity contribution is -0.140. The molecule has 2 atom stereocenters. The zero-order chi connectivity index (χ0) is 33.3. The van der Waals surface area contributed by atoms with E-state index in [9.17, 15) is 18.0 Å². The molecule has 0 heterocycles. The summed E-state index contributed by atoms with van der Waals surface area (Å²) in [4.78, 5) is 29.5. The molecule has 4 rings (SSSR count). The number of sulfonamides is 1. The maximum atomic E-state index is 14.3. The van der Waals surface area contributed by atoms with Crippen molar-refractivity contribution < 1.29 is 22.7 Å². The number of rotatable bonds is 14. The average Bonchev–Trinajstić information content (AvgIpc) is 3.03. The van der Waals surface area contributed by atoms with Crippen molar-refractivity contribution in [2.24, 2.45) is 0 Å². The highest BCUT2D eigenvalue weighted by Crippen LogP contribution is 2.27. The van der Waals surface area contributed by atoms with Crippen LogP contribution in [-0.2, 0) is 32.6 Å². The Morgan fingerprint density at radius 2 is 1.48 bits per heavy atom. The Balaban J connectivity index is 1.70. The Kier molecular flexibility index (Phi) is 12.1. The predicted octanol–water partition coefficient (Wildman–Crippen LogP) is 7.11. The van der Waals surface area contributed by atoms with Gasteiger partial charge in [-0.25, -0.2) is 8.42 Å². The van der Waals surface area contributed by atoms with Crippen LogP contribution in [0.15, 0.2) is 103 Å². The molecular formula is C35H37Cl2N3O5S. The third-order valence-electron chi connectivity index (χ3n) is 7.41. The number of halogens is 2. The lowest BCUT2D eigenvalue weighted by Gasteiger charge is -2.34. The molecule has 0 aliphatic carbocycles. The van der Waals surface area contributed by atoms with Crippen molar-refractivity contribution in [1.29, 1.82) is 0 Å². The van der Waals surface area contributed by atoms with E-state index in [0.29, 0.717) is 33.5 Å². The van der Waals surface area contributed by atoms with Gasteiger partial charge in [0.15, 0.2) is 0 Å². The Hall–Kier alpha value is -4.05. The number of anilines is 1. The van der Waals surface area contributed by atoms with Crippen LogP contribution >= 0.6 is 23.2 Å². The standard InChI is InChI=1S/C35H37Cl2N3O5S/c1-4-25(2)38-35(42)33(21-26-11-7-5-8-12-26)39(23-27-15-16-28(36)22-32(27)37)34(41)24-40(46(3,43)44)29-17-19-31(20-18-29)45-30-13-9-6-10-14-30/h5-20,22,25,33H,4,21,23-24H2,1-3H3,(H,38,42)/t25-,33+/m1/s1. The Bertz CT molecular complexity index is 1720. The summed E-state index contributed by atoms with van der Waals surface area (Å²) in [5.74, 6) is 0.187. The molecule has 0 unspecified atom stereocenters. The molecular weight excluding hydrogens is 645 g/mol. The fraction of sp³-hybridized carbons (Fsp3) is 0.257. The summed E-state index contributed by atoms with van der Waals surface area (Å²) >= 11 is 12.7. The topological polar surface area (TPSA) is 96.0 Å². The normalized spacial score (nSPS) is 12.5. The maximum absolute atomic E-state index is 14.3. The molecule has 242 valence electrons. The molecule has 0 aromatic heterocycles. The molecule has 0 radical (unpaired) electrons. The van der Waals surface area contributed by atoms with Crippen LogP contribution < -0.4 is 14.4 Å². The second-order valence-electron chi connectivity index (χ2n) is 11.0. The highest BCUT2D eigenvalue weighted by molar-refractivity contribution is 7.92. The summed E-state index contributed by atoms with van der Waals surface area (Å²) in [6.07, 6.45) is 1.92. The molecule has 46 heavy (non-hydrogen) atoms. The minimum absolute atomic E-state index is 0.0539. The Labute approximate surface area is 280 Å². The summed E-state index contributed by atoms with van der Waals surface area (Å²) in [5.41, 5.74) is 1.66. The van der Waals surface area contributed by atoms with E-state index < -0.39 is 28.5 Å². The van der Waals surface area contributed by atoms with Gasteiger partial charge in [0.05, 0.1) is 11.9 Å². The monoisotopic (exact) mass is 681 g/mol. The van der Waals surface area contributed by atoms with Crippen LogP contribution in [-0.4, -0.2) is 50.0 Å². The van der Waals surface area contributed by atoms with Gasteiger partial charge >= 0.3 is 0 Å². The van der Waals surface area contributed by atoms with Crippen molar-refractivity contribution in [3.63, 3.8) is 0 Å². The highest BCUT2D eigenvalue weighted by atomic mass is 35.5. The smallest absolute Gasteiger partial charge is 0.244 e. The van der Waals surface area contributed by atoms with Crippen molar-refractivity contribution in [2.75, 3.05) is 17.1 Å². The number of amides is 2. The molecule has 1 N–H and O–H groups in total. The molecule has 0 aliphatic heterocycles. The largest absolute Gasteiger partial charge is 0.457 e. The fourth-order valence-corrected chi connectivity index (χ4v) is 6.07. The molecule has 4 aromatic rings. The first-order valence-corrected chi connectivity index (χ1v) is 17.4. The number of benzene rings is 4. The van der Waals surface area contributed by atoms with Gasteiger partial charge in [-0.1, -0.05) is 84.7 Å². The lowest BCUT2D eigenvalue weighted by atomic mass is 10.0. The van der Waals surface area contributed by atoms with Crippen LogP contribution in [0.1, 0.15) is 31.4 Å². The number of nitrogens with one attached hydrogen (secondary N) is 1. The van der Waals surface area contributed by atoms with Crippen LogP contribution in [0.5, 0.6) is 11.5 Å². The summed E-state index contributed by atoms with van der Waals surface area (Å²) in [7, 11) is -3.93. The predicted molar refractivity (Wildman–Crippen MR) is 184 cm³/mol. The maximum Gasteiger partial charge on any atom is 0.244 e. The van der Waals surface area contributed by atoms with E-state index in [-0.39, 0.29) is 30.6 Å². The summed E-state index contributed by atoms with van der Waals surface area (Å²) in [6.45, 7) is 3.23. The molecule has 0 saturated carbocycles. The minimum atomic E-state index is -3.93. The highest BCUT2D eigenvalue weighted by Gasteiger charge is 2.33. The van der Waals surface area contributed by atoms with Crippen LogP contribution in [0.3, 0.4) is 0 Å². The molecule has 4 aromatic carbocycles. The van der Waals surface area contributed by atoms with Gasteiger partial charge in [-0.15, -0.1) is 0 Å². The number of para-hydroxylation sites is 1. The van der Waals surface area contributed by atoms with Crippen LogP contribution in [0.4, 0.5) is 5.69 Å². The molecule has 0 saturated heterocycles. The quantitative estimate of drug-likeness (QED) is 0.153. The number of nitrogens with zero attached hydrogens (tertiary/aromatic N) is 2. The zero-order valence-electron chi connectivity index (χ0n) is 25.9. The average molecular weight is 683 g/mol. The second-order valence-corrected chi connectivity index (χ2v) is 13.7.